The molecule has 30 heavy (non-hydrogen) atoms. The Kier molecular flexibility index (Phi) is 8.00. The van der Waals surface area contributed by atoms with Crippen LogP contribution in [-0.2, 0) is 4.79 Å². The largest absolute Gasteiger partial charge is 0.339 e. The number of nitrogens with zero attached hydrogens (tertiary/aromatic N) is 1. The molecular weight excluding hydrogens is 460 g/mol. The van der Waals surface area contributed by atoms with Crippen LogP contribution in [0, 0.1) is 12.8 Å². The van der Waals surface area contributed by atoms with Crippen molar-refractivity contribution >= 4 is 45.2 Å². The summed E-state index contributed by atoms with van der Waals surface area (Å²) in [6.07, 6.45) is 2.51. The predicted molar refractivity (Wildman–Crippen MR) is 128 cm³/mol. The van der Waals surface area contributed by atoms with E-state index in [0.717, 1.165) is 22.1 Å². The van der Waals surface area contributed by atoms with E-state index in [1.807, 2.05) is 53.9 Å². The van der Waals surface area contributed by atoms with Crippen molar-refractivity contribution in [1.29, 1.82) is 0 Å². The number of halogens is 1. The molecule has 2 aromatic rings. The number of benzene rings is 2. The monoisotopic (exact) mass is 488 g/mol. The second kappa shape index (κ2) is 10.5. The normalized spacial score (nSPS) is 15.7. The summed E-state index contributed by atoms with van der Waals surface area (Å²) < 4.78 is 0.955. The topological polar surface area (TPSA) is 49.4 Å². The van der Waals surface area contributed by atoms with Crippen LogP contribution >= 0.6 is 27.7 Å². The first-order valence-electron chi connectivity index (χ1n) is 10.5. The minimum Gasteiger partial charge on any atom is -0.339 e. The van der Waals surface area contributed by atoms with E-state index in [1.54, 1.807) is 0 Å². The van der Waals surface area contributed by atoms with E-state index in [9.17, 15) is 9.59 Å². The first-order valence-corrected chi connectivity index (χ1v) is 12.2. The highest BCUT2D eigenvalue weighted by Crippen LogP contribution is 2.29. The predicted octanol–water partition coefficient (Wildman–Crippen LogP) is 6.14. The van der Waals surface area contributed by atoms with Crippen molar-refractivity contribution in [3.05, 3.63) is 58.1 Å². The lowest BCUT2D eigenvalue weighted by Gasteiger charge is -2.31. The van der Waals surface area contributed by atoms with E-state index in [2.05, 4.69) is 47.2 Å². The number of hydrogen-bond donors (Lipinski definition) is 1. The molecule has 1 aliphatic rings. The van der Waals surface area contributed by atoms with Gasteiger partial charge in [0.2, 0.25) is 5.91 Å². The van der Waals surface area contributed by atoms with Gasteiger partial charge in [-0.2, -0.15) is 0 Å². The fourth-order valence-corrected chi connectivity index (χ4v) is 4.81. The van der Waals surface area contributed by atoms with Gasteiger partial charge in [0.05, 0.1) is 0 Å². The first kappa shape index (κ1) is 22.9. The molecule has 2 amide bonds. The highest BCUT2D eigenvalue weighted by atomic mass is 79.9. The molecule has 1 fully saturated rings. The van der Waals surface area contributed by atoms with Gasteiger partial charge in [-0.25, -0.2) is 0 Å². The summed E-state index contributed by atoms with van der Waals surface area (Å²) >= 11 is 5.26. The second-order valence-electron chi connectivity index (χ2n) is 7.88. The maximum atomic E-state index is 12.8. The SMILES string of the molecule is CCC(C)Sc1ccc(NC(=O)C2CCN(C(=O)c3ccc(Br)cc3)CC2)c(C)c1. The number of likely N-dealkylation sites (tertiary alicyclic amines) is 1. The van der Waals surface area contributed by atoms with E-state index >= 15 is 0 Å². The molecule has 1 aliphatic heterocycles. The van der Waals surface area contributed by atoms with Crippen LogP contribution in [0.2, 0.25) is 0 Å². The summed E-state index contributed by atoms with van der Waals surface area (Å²) in [4.78, 5) is 28.5. The zero-order valence-corrected chi connectivity index (χ0v) is 20.2. The number of carbonyl (C=O) groups excluding carboxylic acids is 2. The molecule has 0 bridgehead atoms. The van der Waals surface area contributed by atoms with Crippen molar-refractivity contribution in [3.63, 3.8) is 0 Å². The molecule has 6 heteroatoms. The molecular formula is C24H29BrN2O2S. The summed E-state index contributed by atoms with van der Waals surface area (Å²) in [5.74, 6) is 0.0234. The van der Waals surface area contributed by atoms with Gasteiger partial charge in [-0.15, -0.1) is 11.8 Å². The van der Waals surface area contributed by atoms with E-state index in [4.69, 9.17) is 0 Å². The molecule has 0 radical (unpaired) electrons. The molecule has 3 rings (SSSR count). The van der Waals surface area contributed by atoms with Crippen molar-refractivity contribution in [3.8, 4) is 0 Å². The number of aryl methyl sites for hydroxylation is 1. The van der Waals surface area contributed by atoms with Gasteiger partial charge in [-0.3, -0.25) is 9.59 Å². The van der Waals surface area contributed by atoms with Gasteiger partial charge in [0.15, 0.2) is 0 Å². The van der Waals surface area contributed by atoms with Crippen molar-refractivity contribution in [1.82, 2.24) is 4.90 Å². The van der Waals surface area contributed by atoms with Gasteiger partial charge in [0, 0.05) is 44.9 Å². The van der Waals surface area contributed by atoms with Crippen LogP contribution in [0.15, 0.2) is 51.8 Å². The smallest absolute Gasteiger partial charge is 0.253 e. The van der Waals surface area contributed by atoms with E-state index < -0.39 is 0 Å². The lowest BCUT2D eigenvalue weighted by molar-refractivity contribution is -0.121. The van der Waals surface area contributed by atoms with Crippen LogP contribution in [0.25, 0.3) is 0 Å². The number of amides is 2. The molecule has 4 nitrogen and oxygen atoms in total. The standard InChI is InChI=1S/C24H29BrN2O2S/c1-4-17(3)30-21-9-10-22(16(2)15-21)26-23(28)18-11-13-27(14-12-18)24(29)19-5-7-20(25)8-6-19/h5-10,15,17-18H,4,11-14H2,1-3H3,(H,26,28). The Morgan fingerprint density at radius 1 is 1.17 bits per heavy atom. The average molecular weight is 489 g/mol. The maximum absolute atomic E-state index is 12.8. The minimum absolute atomic E-state index is 0.0339. The van der Waals surface area contributed by atoms with Gasteiger partial charge >= 0.3 is 0 Å². The quantitative estimate of drug-likeness (QED) is 0.496. The van der Waals surface area contributed by atoms with Crippen LogP contribution < -0.4 is 5.32 Å². The van der Waals surface area contributed by atoms with Crippen molar-refractivity contribution in [2.24, 2.45) is 5.92 Å². The average Bonchev–Trinajstić information content (AvgIpc) is 2.75. The summed E-state index contributed by atoms with van der Waals surface area (Å²) in [7, 11) is 0. The summed E-state index contributed by atoms with van der Waals surface area (Å²) in [5, 5.41) is 3.68. The molecule has 1 heterocycles. The van der Waals surface area contributed by atoms with Gasteiger partial charge in [-0.1, -0.05) is 29.8 Å². The number of carbonyl (C=O) groups is 2. The zero-order valence-electron chi connectivity index (χ0n) is 17.8. The van der Waals surface area contributed by atoms with Crippen LogP contribution in [0.4, 0.5) is 5.69 Å². The van der Waals surface area contributed by atoms with E-state index in [0.29, 0.717) is 36.7 Å². The Morgan fingerprint density at radius 2 is 1.83 bits per heavy atom. The van der Waals surface area contributed by atoms with Gasteiger partial charge in [-0.05, 0) is 74.2 Å². The van der Waals surface area contributed by atoms with Gasteiger partial charge in [0.1, 0.15) is 0 Å². The Hall–Kier alpha value is -1.79. The summed E-state index contributed by atoms with van der Waals surface area (Å²) in [5.41, 5.74) is 2.65. The molecule has 1 saturated heterocycles. The molecule has 0 aromatic heterocycles. The molecule has 0 aliphatic carbocycles. The fraction of sp³-hybridized carbons (Fsp3) is 0.417. The Labute approximate surface area is 191 Å². The second-order valence-corrected chi connectivity index (χ2v) is 10.3. The summed E-state index contributed by atoms with van der Waals surface area (Å²) in [6, 6.07) is 13.6. The van der Waals surface area contributed by atoms with Gasteiger partial charge < -0.3 is 10.2 Å². The molecule has 2 aromatic carbocycles. The van der Waals surface area contributed by atoms with Crippen LogP contribution in [0.3, 0.4) is 0 Å². The number of anilines is 1. The number of nitrogens with one attached hydrogen (secondary N) is 1. The van der Waals surface area contributed by atoms with E-state index in [-0.39, 0.29) is 17.7 Å². The lowest BCUT2D eigenvalue weighted by Crippen LogP contribution is -2.41. The lowest BCUT2D eigenvalue weighted by atomic mass is 9.95. The highest BCUT2D eigenvalue weighted by molar-refractivity contribution is 9.10. The minimum atomic E-state index is -0.0625. The zero-order chi connectivity index (χ0) is 21.7. The number of rotatable bonds is 6. The third kappa shape index (κ3) is 5.88. The Balaban J connectivity index is 1.54. The highest BCUT2D eigenvalue weighted by Gasteiger charge is 2.28. The van der Waals surface area contributed by atoms with Gasteiger partial charge in [0.25, 0.3) is 5.91 Å². The molecule has 1 N–H and O–H groups in total. The third-order valence-corrected chi connectivity index (χ3v) is 7.40. The van der Waals surface area contributed by atoms with Crippen LogP contribution in [-0.4, -0.2) is 35.1 Å². The van der Waals surface area contributed by atoms with Crippen molar-refractivity contribution in [2.45, 2.75) is 50.2 Å². The van der Waals surface area contributed by atoms with Crippen LogP contribution in [0.1, 0.15) is 49.0 Å². The number of thioether (sulfide) groups is 1. The molecule has 0 spiro atoms. The number of hydrogen-bond acceptors (Lipinski definition) is 3. The Morgan fingerprint density at radius 3 is 2.43 bits per heavy atom. The molecule has 1 unspecified atom stereocenters. The van der Waals surface area contributed by atoms with E-state index in [1.165, 1.54) is 4.90 Å². The maximum Gasteiger partial charge on any atom is 0.253 e. The molecule has 160 valence electrons. The third-order valence-electron chi connectivity index (χ3n) is 5.61. The van der Waals surface area contributed by atoms with Crippen molar-refractivity contribution in [2.75, 3.05) is 18.4 Å². The van der Waals surface area contributed by atoms with Crippen molar-refractivity contribution < 1.29 is 9.59 Å². The fourth-order valence-electron chi connectivity index (χ4n) is 3.52. The number of piperidine rings is 1. The Bertz CT molecular complexity index is 893. The molecule has 0 saturated carbocycles. The first-order chi connectivity index (χ1) is 14.4. The molecule has 1 atom stereocenters. The summed E-state index contributed by atoms with van der Waals surface area (Å²) in [6.45, 7) is 7.67. The van der Waals surface area contributed by atoms with Crippen LogP contribution in [0.5, 0.6) is 0 Å².